The zero-order valence-electron chi connectivity index (χ0n) is 14.0. The van der Waals surface area contributed by atoms with E-state index < -0.39 is 18.3 Å². The van der Waals surface area contributed by atoms with Crippen molar-refractivity contribution in [3.63, 3.8) is 0 Å². The fourth-order valence-corrected chi connectivity index (χ4v) is 2.30. The number of carbonyl (C=O) groups excluding carboxylic acids is 1. The van der Waals surface area contributed by atoms with E-state index in [-0.39, 0.29) is 33.9 Å². The molecule has 0 atom stereocenters. The van der Waals surface area contributed by atoms with E-state index in [9.17, 15) is 18.0 Å². The van der Waals surface area contributed by atoms with Crippen molar-refractivity contribution in [2.45, 2.75) is 19.8 Å². The van der Waals surface area contributed by atoms with Crippen molar-refractivity contribution in [1.82, 2.24) is 19.6 Å². The normalized spacial score (nSPS) is 11.6. The number of halogens is 4. The van der Waals surface area contributed by atoms with Crippen LogP contribution in [0.2, 0.25) is 5.02 Å². The molecule has 0 spiro atoms. The zero-order valence-corrected chi connectivity index (χ0v) is 14.8. The van der Waals surface area contributed by atoms with Crippen LogP contribution in [0.1, 0.15) is 23.2 Å². The number of aryl methyl sites for hydroxylation is 1. The molecule has 0 fully saturated rings. The Morgan fingerprint density at radius 1 is 1.33 bits per heavy atom. The maximum atomic E-state index is 14.3. The van der Waals surface area contributed by atoms with E-state index in [1.807, 2.05) is 0 Å². The van der Waals surface area contributed by atoms with Crippen LogP contribution in [0.3, 0.4) is 0 Å². The average Bonchev–Trinajstić information content (AvgIpc) is 3.04. The Bertz CT molecular complexity index is 1020. The zero-order chi connectivity index (χ0) is 19.8. The van der Waals surface area contributed by atoms with Gasteiger partial charge < -0.3 is 9.47 Å². The molecule has 0 radical (unpaired) electrons. The van der Waals surface area contributed by atoms with Gasteiger partial charge in [-0.2, -0.15) is 0 Å². The summed E-state index contributed by atoms with van der Waals surface area (Å²) in [5, 5.41) is 3.99. The van der Waals surface area contributed by atoms with E-state index in [0.29, 0.717) is 18.9 Å². The first-order chi connectivity index (χ1) is 12.7. The third kappa shape index (κ3) is 4.11. The summed E-state index contributed by atoms with van der Waals surface area (Å²) in [5.41, 5.74) is 0.142. The summed E-state index contributed by atoms with van der Waals surface area (Å²) in [4.78, 5) is 18.4. The number of nitrogens with zero attached hydrogens (tertiary/aromatic N) is 4. The molecule has 11 heteroatoms. The number of fused-ring (bicyclic) bond motifs is 1. The molecule has 3 rings (SSSR count). The van der Waals surface area contributed by atoms with E-state index in [1.54, 1.807) is 6.92 Å². The lowest BCUT2D eigenvalue weighted by atomic mass is 10.3. The van der Waals surface area contributed by atoms with Crippen molar-refractivity contribution in [1.29, 1.82) is 0 Å². The molecule has 0 unspecified atom stereocenters. The molecule has 0 aliphatic rings. The van der Waals surface area contributed by atoms with Gasteiger partial charge in [0.25, 0.3) is 11.8 Å². The molecule has 0 aliphatic heterocycles. The molecular formula is C16H12ClF3N4O3. The molecule has 0 saturated heterocycles. The van der Waals surface area contributed by atoms with Gasteiger partial charge in [-0.05, 0) is 6.92 Å². The monoisotopic (exact) mass is 400 g/mol. The molecule has 27 heavy (non-hydrogen) atoms. The summed E-state index contributed by atoms with van der Waals surface area (Å²) in [6, 6.07) is 2.27. The lowest BCUT2D eigenvalue weighted by Crippen LogP contribution is -2.21. The van der Waals surface area contributed by atoms with Crippen LogP contribution in [0.15, 0.2) is 18.3 Å². The molecular weight excluding hydrogens is 389 g/mol. The molecule has 0 N–H and O–H groups in total. The van der Waals surface area contributed by atoms with Crippen LogP contribution in [-0.4, -0.2) is 38.4 Å². The number of alkyl halides is 2. The van der Waals surface area contributed by atoms with Gasteiger partial charge in [0.15, 0.2) is 35.9 Å². The number of aromatic nitrogens is 4. The van der Waals surface area contributed by atoms with Gasteiger partial charge in [-0.15, -0.1) is 5.10 Å². The van der Waals surface area contributed by atoms with Crippen molar-refractivity contribution in [3.8, 4) is 17.4 Å². The smallest absolute Gasteiger partial charge is 0.278 e. The number of rotatable bonds is 6. The van der Waals surface area contributed by atoms with Gasteiger partial charge in [-0.1, -0.05) is 11.6 Å². The summed E-state index contributed by atoms with van der Waals surface area (Å²) in [6.07, 6.45) is 1.60. The minimum atomic E-state index is -3.09. The van der Waals surface area contributed by atoms with Gasteiger partial charge in [0.1, 0.15) is 0 Å². The number of carbonyl (C=O) groups is 1. The average molecular weight is 401 g/mol. The largest absolute Gasteiger partial charge is 0.482 e. The van der Waals surface area contributed by atoms with Crippen molar-refractivity contribution >= 4 is 23.5 Å². The molecule has 0 aromatic carbocycles. The molecule has 0 saturated carbocycles. The van der Waals surface area contributed by atoms with Gasteiger partial charge >= 0.3 is 0 Å². The summed E-state index contributed by atoms with van der Waals surface area (Å²) in [7, 11) is 0. The quantitative estimate of drug-likeness (QED) is 0.584. The van der Waals surface area contributed by atoms with Gasteiger partial charge in [0, 0.05) is 25.3 Å². The number of hydrogen-bond donors (Lipinski definition) is 0. The molecule has 3 aromatic heterocycles. The number of pyridine rings is 2. The minimum Gasteiger partial charge on any atom is -0.482 e. The molecule has 7 nitrogen and oxygen atoms in total. The van der Waals surface area contributed by atoms with Crippen molar-refractivity contribution < 1.29 is 27.4 Å². The Balaban J connectivity index is 2.00. The van der Waals surface area contributed by atoms with Crippen LogP contribution < -0.4 is 9.47 Å². The second kappa shape index (κ2) is 7.03. The molecule has 3 heterocycles. The summed E-state index contributed by atoms with van der Waals surface area (Å²) < 4.78 is 52.1. The van der Waals surface area contributed by atoms with Crippen LogP contribution in [0, 0.1) is 12.7 Å². The van der Waals surface area contributed by atoms with Gasteiger partial charge in [-0.25, -0.2) is 27.7 Å². The summed E-state index contributed by atoms with van der Waals surface area (Å²) in [6.45, 7) is 1.31. The van der Waals surface area contributed by atoms with E-state index in [4.69, 9.17) is 21.1 Å². The Hall–Kier alpha value is -2.88. The van der Waals surface area contributed by atoms with Crippen molar-refractivity contribution in [2.24, 2.45) is 0 Å². The third-order valence-corrected chi connectivity index (χ3v) is 3.55. The number of hydrogen-bond acceptors (Lipinski definition) is 6. The van der Waals surface area contributed by atoms with Crippen molar-refractivity contribution in [3.05, 3.63) is 40.7 Å². The van der Waals surface area contributed by atoms with E-state index in [2.05, 4.69) is 15.1 Å². The van der Waals surface area contributed by atoms with Gasteiger partial charge in [0.2, 0.25) is 5.82 Å². The van der Waals surface area contributed by atoms with Crippen LogP contribution >= 0.6 is 11.6 Å². The predicted octanol–water partition coefficient (Wildman–Crippen LogP) is 3.86. The molecule has 142 valence electrons. The highest BCUT2D eigenvalue weighted by atomic mass is 35.5. The fourth-order valence-electron chi connectivity index (χ4n) is 2.16. The first-order valence-corrected chi connectivity index (χ1v) is 7.91. The minimum absolute atomic E-state index is 0.0229. The molecule has 0 bridgehead atoms. The summed E-state index contributed by atoms with van der Waals surface area (Å²) >= 11 is 5.82. The lowest BCUT2D eigenvalue weighted by Gasteiger charge is -2.15. The highest BCUT2D eigenvalue weighted by molar-refractivity contribution is 6.30. The van der Waals surface area contributed by atoms with Crippen molar-refractivity contribution in [2.75, 3.05) is 6.61 Å². The summed E-state index contributed by atoms with van der Waals surface area (Å²) in [5.74, 6) is -4.45. The van der Waals surface area contributed by atoms with E-state index in [1.165, 1.54) is 12.3 Å². The van der Waals surface area contributed by atoms with Gasteiger partial charge in [0.05, 0.1) is 10.7 Å². The topological polar surface area (TPSA) is 78.6 Å². The number of ether oxygens (including phenoxy) is 2. The van der Waals surface area contributed by atoms with Crippen LogP contribution in [0.5, 0.6) is 17.4 Å². The standard InChI is InChI=1S/C16H12ClF3N4O3/c1-8-11(4-10(18)14-22-13(6-25)23-24(8)14)27-15-12(3-9(17)5-21-15)26-7-16(2,19)20/h3-6H,7H2,1-2H3. The second-order valence-electron chi connectivity index (χ2n) is 5.68. The Kier molecular flexibility index (Phi) is 4.92. The maximum Gasteiger partial charge on any atom is 0.278 e. The first kappa shape index (κ1) is 18.9. The van der Waals surface area contributed by atoms with Crippen LogP contribution in [-0.2, 0) is 0 Å². The Labute approximate surface area is 155 Å². The number of aldehydes is 1. The highest BCUT2D eigenvalue weighted by Gasteiger charge is 2.24. The molecule has 3 aromatic rings. The molecule has 0 aliphatic carbocycles. The first-order valence-electron chi connectivity index (χ1n) is 7.53. The maximum absolute atomic E-state index is 14.3. The highest BCUT2D eigenvalue weighted by Crippen LogP contribution is 2.34. The van der Waals surface area contributed by atoms with Crippen LogP contribution in [0.25, 0.3) is 5.65 Å². The lowest BCUT2D eigenvalue weighted by molar-refractivity contribution is -0.0235. The predicted molar refractivity (Wildman–Crippen MR) is 88.5 cm³/mol. The Morgan fingerprint density at radius 2 is 2.07 bits per heavy atom. The third-order valence-electron chi connectivity index (χ3n) is 3.35. The van der Waals surface area contributed by atoms with E-state index >= 15 is 0 Å². The fraction of sp³-hybridized carbons (Fsp3) is 0.250. The SMILES string of the molecule is Cc1c(Oc2ncc(Cl)cc2OCC(C)(F)F)cc(F)c2nc(C=O)nn12. The van der Waals surface area contributed by atoms with E-state index in [0.717, 1.165) is 10.6 Å². The van der Waals surface area contributed by atoms with Crippen LogP contribution in [0.4, 0.5) is 13.2 Å². The Morgan fingerprint density at radius 3 is 2.74 bits per heavy atom. The second-order valence-corrected chi connectivity index (χ2v) is 6.12. The van der Waals surface area contributed by atoms with Gasteiger partial charge in [-0.3, -0.25) is 4.79 Å². The molecule has 0 amide bonds.